The van der Waals surface area contributed by atoms with Gasteiger partial charge in [0.2, 0.25) is 0 Å². The summed E-state index contributed by atoms with van der Waals surface area (Å²) in [6.45, 7) is 4.47. The molecule has 166 valence electrons. The number of amides is 1. The van der Waals surface area contributed by atoms with Crippen LogP contribution in [0.15, 0.2) is 73.1 Å². The molecule has 0 fully saturated rings. The SMILES string of the molecule is O=C(c1cn2ccccc2n1)N1CCOc2ccc(CN3CCc4ccccc4C3)cc2C1. The van der Waals surface area contributed by atoms with Gasteiger partial charge in [-0.15, -0.1) is 0 Å². The Labute approximate surface area is 193 Å². The van der Waals surface area contributed by atoms with E-state index >= 15 is 0 Å². The first kappa shape index (κ1) is 20.0. The smallest absolute Gasteiger partial charge is 0.274 e. The summed E-state index contributed by atoms with van der Waals surface area (Å²) < 4.78 is 7.86. The van der Waals surface area contributed by atoms with Crippen molar-refractivity contribution in [1.82, 2.24) is 19.2 Å². The lowest BCUT2D eigenvalue weighted by atomic mass is 9.99. The van der Waals surface area contributed by atoms with E-state index in [0.29, 0.717) is 25.4 Å². The van der Waals surface area contributed by atoms with E-state index in [9.17, 15) is 4.79 Å². The largest absolute Gasteiger partial charge is 0.491 e. The average Bonchev–Trinajstić information content (AvgIpc) is 3.17. The minimum absolute atomic E-state index is 0.0619. The predicted octanol–water partition coefficient (Wildman–Crippen LogP) is 3.93. The van der Waals surface area contributed by atoms with Crippen LogP contribution >= 0.6 is 0 Å². The molecule has 2 aromatic heterocycles. The van der Waals surface area contributed by atoms with Gasteiger partial charge in [0.1, 0.15) is 23.7 Å². The van der Waals surface area contributed by atoms with Gasteiger partial charge in [0.15, 0.2) is 0 Å². The molecule has 0 spiro atoms. The highest BCUT2D eigenvalue weighted by Crippen LogP contribution is 2.27. The number of pyridine rings is 1. The first-order valence-corrected chi connectivity index (χ1v) is 11.5. The van der Waals surface area contributed by atoms with Crippen LogP contribution in [-0.4, -0.2) is 44.8 Å². The van der Waals surface area contributed by atoms with Crippen molar-refractivity contribution in [2.24, 2.45) is 0 Å². The highest BCUT2D eigenvalue weighted by molar-refractivity contribution is 5.93. The number of hydrogen-bond donors (Lipinski definition) is 0. The maximum atomic E-state index is 13.2. The van der Waals surface area contributed by atoms with E-state index in [0.717, 1.165) is 43.0 Å². The Kier molecular flexibility index (Phi) is 5.07. The Morgan fingerprint density at radius 3 is 2.73 bits per heavy atom. The van der Waals surface area contributed by atoms with Gasteiger partial charge >= 0.3 is 0 Å². The molecule has 33 heavy (non-hydrogen) atoms. The fourth-order valence-electron chi connectivity index (χ4n) is 4.87. The second-order valence-corrected chi connectivity index (χ2v) is 8.84. The van der Waals surface area contributed by atoms with Crippen molar-refractivity contribution in [2.45, 2.75) is 26.1 Å². The molecule has 0 saturated heterocycles. The molecular formula is C27H26N4O2. The maximum absolute atomic E-state index is 13.2. The number of fused-ring (bicyclic) bond motifs is 3. The summed E-state index contributed by atoms with van der Waals surface area (Å²) in [6.07, 6.45) is 4.80. The normalized spacial score (nSPS) is 16.1. The zero-order valence-electron chi connectivity index (χ0n) is 18.5. The molecule has 6 nitrogen and oxygen atoms in total. The van der Waals surface area contributed by atoms with Gasteiger partial charge in [-0.05, 0) is 47.4 Å². The van der Waals surface area contributed by atoms with Crippen molar-refractivity contribution < 1.29 is 9.53 Å². The molecule has 2 aromatic carbocycles. The van der Waals surface area contributed by atoms with Gasteiger partial charge in [-0.1, -0.05) is 36.4 Å². The van der Waals surface area contributed by atoms with Crippen LogP contribution in [0, 0.1) is 0 Å². The lowest BCUT2D eigenvalue weighted by Crippen LogP contribution is -2.32. The summed E-state index contributed by atoms with van der Waals surface area (Å²) in [6, 6.07) is 20.9. The van der Waals surface area contributed by atoms with Gasteiger partial charge in [-0.3, -0.25) is 9.69 Å². The number of carbonyl (C=O) groups is 1. The lowest BCUT2D eigenvalue weighted by molar-refractivity contribution is 0.0728. The van der Waals surface area contributed by atoms with E-state index in [1.165, 1.54) is 16.7 Å². The van der Waals surface area contributed by atoms with E-state index in [4.69, 9.17) is 4.74 Å². The Morgan fingerprint density at radius 1 is 0.939 bits per heavy atom. The van der Waals surface area contributed by atoms with Crippen LogP contribution < -0.4 is 4.74 Å². The number of ether oxygens (including phenoxy) is 1. The van der Waals surface area contributed by atoms with Gasteiger partial charge in [0, 0.05) is 44.1 Å². The number of imidazole rings is 1. The molecule has 2 aliphatic heterocycles. The number of rotatable bonds is 3. The molecule has 4 heterocycles. The van der Waals surface area contributed by atoms with Gasteiger partial charge in [0.25, 0.3) is 5.91 Å². The quantitative estimate of drug-likeness (QED) is 0.486. The standard InChI is InChI=1S/C27H26N4O2/c32-27(24-19-30-11-4-3-7-26(30)28-24)31-13-14-33-25-9-8-20(15-23(25)18-31)16-29-12-10-21-5-1-2-6-22(21)17-29/h1-9,11,15,19H,10,12-14,16-18H2. The molecular weight excluding hydrogens is 412 g/mol. The molecule has 2 aliphatic rings. The predicted molar refractivity (Wildman–Crippen MR) is 126 cm³/mol. The van der Waals surface area contributed by atoms with Crippen LogP contribution in [0.2, 0.25) is 0 Å². The van der Waals surface area contributed by atoms with Crippen LogP contribution in [0.25, 0.3) is 5.65 Å². The molecule has 6 rings (SSSR count). The van der Waals surface area contributed by atoms with Crippen molar-refractivity contribution in [3.05, 3.63) is 101 Å². The highest BCUT2D eigenvalue weighted by Gasteiger charge is 2.24. The van der Waals surface area contributed by atoms with Crippen LogP contribution in [0.3, 0.4) is 0 Å². The van der Waals surface area contributed by atoms with E-state index in [2.05, 4.69) is 52.3 Å². The Bertz CT molecular complexity index is 1300. The number of aromatic nitrogens is 2. The topological polar surface area (TPSA) is 50.1 Å². The van der Waals surface area contributed by atoms with Crippen molar-refractivity contribution in [1.29, 1.82) is 0 Å². The molecule has 0 aliphatic carbocycles. The van der Waals surface area contributed by atoms with E-state index in [-0.39, 0.29) is 5.91 Å². The summed E-state index contributed by atoms with van der Waals surface area (Å²) in [5.74, 6) is 0.807. The summed E-state index contributed by atoms with van der Waals surface area (Å²) in [4.78, 5) is 22.1. The van der Waals surface area contributed by atoms with Crippen molar-refractivity contribution in [2.75, 3.05) is 19.7 Å². The third-order valence-electron chi connectivity index (χ3n) is 6.59. The fraction of sp³-hybridized carbons (Fsp3) is 0.259. The minimum Gasteiger partial charge on any atom is -0.491 e. The third kappa shape index (κ3) is 3.98. The molecule has 0 N–H and O–H groups in total. The second-order valence-electron chi connectivity index (χ2n) is 8.84. The number of benzene rings is 2. The highest BCUT2D eigenvalue weighted by atomic mass is 16.5. The molecule has 0 saturated carbocycles. The Hall–Kier alpha value is -3.64. The molecule has 0 unspecified atom stereocenters. The average molecular weight is 439 g/mol. The van der Waals surface area contributed by atoms with E-state index < -0.39 is 0 Å². The van der Waals surface area contributed by atoms with Gasteiger partial charge in [-0.25, -0.2) is 4.98 Å². The third-order valence-corrected chi connectivity index (χ3v) is 6.59. The lowest BCUT2D eigenvalue weighted by Gasteiger charge is -2.29. The van der Waals surface area contributed by atoms with Gasteiger partial charge < -0.3 is 14.0 Å². The van der Waals surface area contributed by atoms with E-state index in [1.807, 2.05) is 33.7 Å². The zero-order valence-corrected chi connectivity index (χ0v) is 18.5. The molecule has 0 bridgehead atoms. The molecule has 4 aromatic rings. The van der Waals surface area contributed by atoms with Crippen LogP contribution in [0.1, 0.15) is 32.7 Å². The fourth-order valence-corrected chi connectivity index (χ4v) is 4.87. The summed E-state index contributed by atoms with van der Waals surface area (Å²) in [7, 11) is 0. The van der Waals surface area contributed by atoms with Crippen molar-refractivity contribution in [3.63, 3.8) is 0 Å². The number of hydrogen-bond acceptors (Lipinski definition) is 4. The number of carbonyl (C=O) groups excluding carboxylic acids is 1. The first-order chi connectivity index (χ1) is 16.2. The van der Waals surface area contributed by atoms with Gasteiger partial charge in [-0.2, -0.15) is 0 Å². The molecule has 0 radical (unpaired) electrons. The monoisotopic (exact) mass is 438 g/mol. The minimum atomic E-state index is -0.0619. The number of nitrogens with zero attached hydrogens (tertiary/aromatic N) is 4. The van der Waals surface area contributed by atoms with Crippen molar-refractivity contribution >= 4 is 11.6 Å². The zero-order chi connectivity index (χ0) is 22.2. The molecule has 1 amide bonds. The Balaban J connectivity index is 1.20. The summed E-state index contributed by atoms with van der Waals surface area (Å²) >= 11 is 0. The molecule has 0 atom stereocenters. The maximum Gasteiger partial charge on any atom is 0.274 e. The first-order valence-electron chi connectivity index (χ1n) is 11.5. The van der Waals surface area contributed by atoms with Gasteiger partial charge in [0.05, 0.1) is 6.54 Å². The summed E-state index contributed by atoms with van der Waals surface area (Å²) in [5.41, 5.74) is 6.43. The molecule has 6 heteroatoms. The summed E-state index contributed by atoms with van der Waals surface area (Å²) in [5, 5.41) is 0. The van der Waals surface area contributed by atoms with Crippen LogP contribution in [0.4, 0.5) is 0 Å². The van der Waals surface area contributed by atoms with Crippen molar-refractivity contribution in [3.8, 4) is 5.75 Å². The van der Waals surface area contributed by atoms with Crippen LogP contribution in [0.5, 0.6) is 5.75 Å². The van der Waals surface area contributed by atoms with Crippen LogP contribution in [-0.2, 0) is 26.1 Å². The van der Waals surface area contributed by atoms with E-state index in [1.54, 1.807) is 6.20 Å². The Morgan fingerprint density at radius 2 is 1.82 bits per heavy atom. The second kappa shape index (κ2) is 8.37.